The van der Waals surface area contributed by atoms with Crippen LogP contribution in [-0.4, -0.2) is 29.8 Å². The van der Waals surface area contributed by atoms with Crippen molar-refractivity contribution in [1.82, 2.24) is 14.9 Å². The van der Waals surface area contributed by atoms with E-state index in [9.17, 15) is 0 Å². The first-order valence-corrected chi connectivity index (χ1v) is 6.11. The average Bonchev–Trinajstić information content (AvgIpc) is 2.81. The van der Waals surface area contributed by atoms with Gasteiger partial charge >= 0.3 is 0 Å². The molecule has 2 rings (SSSR count). The molecule has 18 heavy (non-hydrogen) atoms. The van der Waals surface area contributed by atoms with E-state index in [0.717, 1.165) is 25.5 Å². The van der Waals surface area contributed by atoms with Crippen molar-refractivity contribution >= 4 is 0 Å². The van der Waals surface area contributed by atoms with Crippen molar-refractivity contribution in [3.8, 4) is 5.69 Å². The number of nitrogens with zero attached hydrogens (tertiary/aromatic N) is 2. The van der Waals surface area contributed by atoms with Crippen molar-refractivity contribution in [1.29, 1.82) is 0 Å². The fourth-order valence-electron chi connectivity index (χ4n) is 1.93. The lowest BCUT2D eigenvalue weighted by Gasteiger charge is -2.12. The third kappa shape index (κ3) is 2.97. The van der Waals surface area contributed by atoms with Crippen molar-refractivity contribution in [2.75, 3.05) is 20.3 Å². The van der Waals surface area contributed by atoms with Crippen LogP contribution in [0.1, 0.15) is 11.4 Å². The summed E-state index contributed by atoms with van der Waals surface area (Å²) >= 11 is 0. The fourth-order valence-corrected chi connectivity index (χ4v) is 1.93. The highest BCUT2D eigenvalue weighted by atomic mass is 16.5. The Hall–Kier alpha value is -1.65. The van der Waals surface area contributed by atoms with E-state index in [2.05, 4.69) is 33.1 Å². The van der Waals surface area contributed by atoms with E-state index < -0.39 is 0 Å². The molecule has 1 N–H and O–H groups in total. The molecule has 1 aromatic heterocycles. The number of hydrogen-bond acceptors (Lipinski definition) is 3. The van der Waals surface area contributed by atoms with Gasteiger partial charge in [0.1, 0.15) is 5.82 Å². The van der Waals surface area contributed by atoms with Gasteiger partial charge in [-0.3, -0.25) is 0 Å². The van der Waals surface area contributed by atoms with Crippen LogP contribution in [0.4, 0.5) is 0 Å². The van der Waals surface area contributed by atoms with Gasteiger partial charge in [0.2, 0.25) is 0 Å². The van der Waals surface area contributed by atoms with Crippen LogP contribution >= 0.6 is 0 Å². The minimum Gasteiger partial charge on any atom is -0.383 e. The molecule has 0 bridgehead atoms. The molecule has 0 aliphatic rings. The summed E-state index contributed by atoms with van der Waals surface area (Å²) in [6.07, 6.45) is 3.81. The van der Waals surface area contributed by atoms with Gasteiger partial charge in [-0.05, 0) is 18.6 Å². The number of rotatable bonds is 6. The molecule has 0 aliphatic carbocycles. The molecule has 1 aromatic carbocycles. The highest BCUT2D eigenvalue weighted by Crippen LogP contribution is 2.15. The van der Waals surface area contributed by atoms with E-state index in [0.29, 0.717) is 0 Å². The SMILES string of the molecule is COCCNCc1ccccc1-n1ccnc1C. The second kappa shape index (κ2) is 6.33. The highest BCUT2D eigenvalue weighted by Gasteiger charge is 2.05. The van der Waals surface area contributed by atoms with Gasteiger partial charge in [-0.15, -0.1) is 0 Å². The van der Waals surface area contributed by atoms with Gasteiger partial charge in [0.15, 0.2) is 0 Å². The molecule has 0 saturated carbocycles. The maximum atomic E-state index is 5.02. The number of methoxy groups -OCH3 is 1. The molecule has 4 heteroatoms. The summed E-state index contributed by atoms with van der Waals surface area (Å²) in [5.74, 6) is 0.999. The Bertz CT molecular complexity index is 493. The Morgan fingerprint density at radius 2 is 2.17 bits per heavy atom. The van der Waals surface area contributed by atoms with Crippen LogP contribution in [0.25, 0.3) is 5.69 Å². The molecule has 0 saturated heterocycles. The van der Waals surface area contributed by atoms with Crippen molar-refractivity contribution in [2.45, 2.75) is 13.5 Å². The number of benzene rings is 1. The highest BCUT2D eigenvalue weighted by molar-refractivity contribution is 5.41. The third-order valence-corrected chi connectivity index (χ3v) is 2.88. The molecule has 0 amide bonds. The topological polar surface area (TPSA) is 39.1 Å². The zero-order valence-electron chi connectivity index (χ0n) is 10.9. The number of para-hydroxylation sites is 1. The number of ether oxygens (including phenoxy) is 1. The van der Waals surface area contributed by atoms with Crippen molar-refractivity contribution in [3.05, 3.63) is 48.0 Å². The molecular formula is C14H19N3O. The molecule has 2 aromatic rings. The molecule has 0 atom stereocenters. The number of imidazole rings is 1. The number of hydrogen-bond donors (Lipinski definition) is 1. The summed E-state index contributed by atoms with van der Waals surface area (Å²) < 4.78 is 7.13. The van der Waals surface area contributed by atoms with Gasteiger partial charge in [-0.25, -0.2) is 4.98 Å². The molecule has 96 valence electrons. The summed E-state index contributed by atoms with van der Waals surface area (Å²) in [7, 11) is 1.71. The Kier molecular flexibility index (Phi) is 4.50. The Morgan fingerprint density at radius 1 is 1.33 bits per heavy atom. The van der Waals surface area contributed by atoms with Gasteiger partial charge in [0.25, 0.3) is 0 Å². The maximum absolute atomic E-state index is 5.02. The van der Waals surface area contributed by atoms with Gasteiger partial charge in [-0.1, -0.05) is 18.2 Å². The zero-order chi connectivity index (χ0) is 12.8. The van der Waals surface area contributed by atoms with Crippen molar-refractivity contribution < 1.29 is 4.74 Å². The van der Waals surface area contributed by atoms with Crippen LogP contribution in [0.15, 0.2) is 36.7 Å². The minimum atomic E-state index is 0.728. The second-order valence-corrected chi connectivity index (χ2v) is 4.14. The van der Waals surface area contributed by atoms with Gasteiger partial charge < -0.3 is 14.6 Å². The van der Waals surface area contributed by atoms with Crippen LogP contribution < -0.4 is 5.32 Å². The standard InChI is InChI=1S/C14H19N3O/c1-12-16-7-9-17(12)14-6-4-3-5-13(14)11-15-8-10-18-2/h3-7,9,15H,8,10-11H2,1-2H3. The smallest absolute Gasteiger partial charge is 0.110 e. The molecule has 0 radical (unpaired) electrons. The normalized spacial score (nSPS) is 10.8. The Morgan fingerprint density at radius 3 is 2.89 bits per heavy atom. The lowest BCUT2D eigenvalue weighted by molar-refractivity contribution is 0.199. The largest absolute Gasteiger partial charge is 0.383 e. The van der Waals surface area contributed by atoms with E-state index >= 15 is 0 Å². The Labute approximate surface area is 108 Å². The molecule has 1 heterocycles. The zero-order valence-corrected chi connectivity index (χ0v) is 10.9. The van der Waals surface area contributed by atoms with Gasteiger partial charge in [0.05, 0.1) is 12.3 Å². The molecular weight excluding hydrogens is 226 g/mol. The van der Waals surface area contributed by atoms with E-state index in [-0.39, 0.29) is 0 Å². The summed E-state index contributed by atoms with van der Waals surface area (Å²) in [4.78, 5) is 4.27. The lowest BCUT2D eigenvalue weighted by atomic mass is 10.1. The monoisotopic (exact) mass is 245 g/mol. The predicted molar refractivity (Wildman–Crippen MR) is 71.9 cm³/mol. The molecule has 0 fully saturated rings. The van der Waals surface area contributed by atoms with E-state index in [1.807, 2.05) is 25.4 Å². The molecule has 0 aliphatic heterocycles. The first-order valence-electron chi connectivity index (χ1n) is 6.11. The predicted octanol–water partition coefficient (Wildman–Crippen LogP) is 1.92. The summed E-state index contributed by atoms with van der Waals surface area (Å²) in [5.41, 5.74) is 2.44. The average molecular weight is 245 g/mol. The molecule has 4 nitrogen and oxygen atoms in total. The van der Waals surface area contributed by atoms with Gasteiger partial charge in [0, 0.05) is 32.6 Å². The van der Waals surface area contributed by atoms with Crippen LogP contribution in [-0.2, 0) is 11.3 Å². The van der Waals surface area contributed by atoms with Crippen LogP contribution in [0.5, 0.6) is 0 Å². The van der Waals surface area contributed by atoms with E-state index in [4.69, 9.17) is 4.74 Å². The lowest BCUT2D eigenvalue weighted by Crippen LogP contribution is -2.19. The quantitative estimate of drug-likeness (QED) is 0.790. The third-order valence-electron chi connectivity index (χ3n) is 2.88. The summed E-state index contributed by atoms with van der Waals surface area (Å²) in [6, 6.07) is 8.35. The summed E-state index contributed by atoms with van der Waals surface area (Å²) in [5, 5.41) is 3.37. The van der Waals surface area contributed by atoms with Gasteiger partial charge in [-0.2, -0.15) is 0 Å². The summed E-state index contributed by atoms with van der Waals surface area (Å²) in [6.45, 7) is 4.42. The van der Waals surface area contributed by atoms with E-state index in [1.165, 1.54) is 11.3 Å². The maximum Gasteiger partial charge on any atom is 0.110 e. The Balaban J connectivity index is 2.13. The number of nitrogens with one attached hydrogen (secondary N) is 1. The van der Waals surface area contributed by atoms with Crippen LogP contribution in [0, 0.1) is 6.92 Å². The van der Waals surface area contributed by atoms with Crippen molar-refractivity contribution in [2.24, 2.45) is 0 Å². The first-order chi connectivity index (χ1) is 8.83. The minimum absolute atomic E-state index is 0.728. The first kappa shape index (κ1) is 12.8. The second-order valence-electron chi connectivity index (χ2n) is 4.14. The van der Waals surface area contributed by atoms with E-state index in [1.54, 1.807) is 7.11 Å². The van der Waals surface area contributed by atoms with Crippen LogP contribution in [0.2, 0.25) is 0 Å². The molecule has 0 spiro atoms. The fraction of sp³-hybridized carbons (Fsp3) is 0.357. The molecule has 0 unspecified atom stereocenters. The van der Waals surface area contributed by atoms with Crippen molar-refractivity contribution in [3.63, 3.8) is 0 Å². The number of aryl methyl sites for hydroxylation is 1. The van der Waals surface area contributed by atoms with Crippen LogP contribution in [0.3, 0.4) is 0 Å². The number of aromatic nitrogens is 2.